The summed E-state index contributed by atoms with van der Waals surface area (Å²) in [5.41, 5.74) is 1.19. The third-order valence-corrected chi connectivity index (χ3v) is 3.62. The number of morpholine rings is 1. The Morgan fingerprint density at radius 2 is 1.92 bits per heavy atom. The predicted molar refractivity (Wildman–Crippen MR) is 94.0 cm³/mol. The van der Waals surface area contributed by atoms with Gasteiger partial charge in [0, 0.05) is 30.9 Å². The van der Waals surface area contributed by atoms with Crippen LogP contribution in [0.1, 0.15) is 10.4 Å². The molecule has 0 spiro atoms. The molecule has 2 rings (SSSR count). The van der Waals surface area contributed by atoms with Crippen LogP contribution in [0.3, 0.4) is 0 Å². The van der Waals surface area contributed by atoms with Crippen LogP contribution in [0.4, 0.5) is 5.69 Å². The number of amides is 2. The Labute approximate surface area is 142 Å². The van der Waals surface area contributed by atoms with E-state index >= 15 is 0 Å². The number of carbonyl (C=O) groups excluding carboxylic acids is 2. The average molecular weight is 329 g/mol. The van der Waals surface area contributed by atoms with Crippen molar-refractivity contribution in [2.75, 3.05) is 38.2 Å². The summed E-state index contributed by atoms with van der Waals surface area (Å²) in [6, 6.07) is 6.48. The lowest BCUT2D eigenvalue weighted by Crippen LogP contribution is -2.48. The monoisotopic (exact) mass is 329 g/mol. The second-order valence-corrected chi connectivity index (χ2v) is 5.44. The fraction of sp³-hybridized carbons (Fsp3) is 0.333. The van der Waals surface area contributed by atoms with Crippen LogP contribution in [0.15, 0.2) is 49.6 Å². The van der Waals surface area contributed by atoms with Crippen LogP contribution < -0.4 is 10.6 Å². The van der Waals surface area contributed by atoms with Gasteiger partial charge in [-0.3, -0.25) is 9.59 Å². The van der Waals surface area contributed by atoms with Crippen LogP contribution in [0, 0.1) is 0 Å². The second kappa shape index (κ2) is 9.00. The quantitative estimate of drug-likeness (QED) is 0.743. The zero-order valence-electron chi connectivity index (χ0n) is 13.7. The SMILES string of the molecule is C=CCN(CC=C)C(=O)c1ccc(NC(=O)C2COCCN2)cc1. The van der Waals surface area contributed by atoms with Crippen LogP contribution >= 0.6 is 0 Å². The molecule has 1 fully saturated rings. The fourth-order valence-electron chi connectivity index (χ4n) is 2.39. The zero-order chi connectivity index (χ0) is 17.4. The molecule has 1 saturated heterocycles. The number of carbonyl (C=O) groups is 2. The maximum absolute atomic E-state index is 12.4. The Hall–Kier alpha value is -2.44. The minimum absolute atomic E-state index is 0.102. The number of hydrogen-bond donors (Lipinski definition) is 2. The molecule has 1 aromatic carbocycles. The van der Waals surface area contributed by atoms with Crippen LogP contribution in [0.25, 0.3) is 0 Å². The van der Waals surface area contributed by atoms with E-state index in [2.05, 4.69) is 23.8 Å². The first-order chi connectivity index (χ1) is 11.7. The van der Waals surface area contributed by atoms with E-state index in [1.807, 2.05) is 0 Å². The van der Waals surface area contributed by atoms with Crippen molar-refractivity contribution in [3.63, 3.8) is 0 Å². The summed E-state index contributed by atoms with van der Waals surface area (Å²) in [4.78, 5) is 26.2. The summed E-state index contributed by atoms with van der Waals surface area (Å²) in [7, 11) is 0. The smallest absolute Gasteiger partial charge is 0.254 e. The molecule has 0 aromatic heterocycles. The fourth-order valence-corrected chi connectivity index (χ4v) is 2.39. The van der Waals surface area contributed by atoms with Gasteiger partial charge in [0.05, 0.1) is 13.2 Å². The normalized spacial score (nSPS) is 16.9. The van der Waals surface area contributed by atoms with Crippen molar-refractivity contribution < 1.29 is 14.3 Å². The highest BCUT2D eigenvalue weighted by Gasteiger charge is 2.21. The minimum Gasteiger partial charge on any atom is -0.378 e. The van der Waals surface area contributed by atoms with Crippen molar-refractivity contribution in [3.05, 3.63) is 55.1 Å². The lowest BCUT2D eigenvalue weighted by molar-refractivity contribution is -0.120. The summed E-state index contributed by atoms with van der Waals surface area (Å²) < 4.78 is 5.27. The van der Waals surface area contributed by atoms with Crippen molar-refractivity contribution >= 4 is 17.5 Å². The van der Waals surface area contributed by atoms with Crippen LogP contribution in [-0.2, 0) is 9.53 Å². The number of nitrogens with zero attached hydrogens (tertiary/aromatic N) is 1. The molecule has 0 bridgehead atoms. The molecule has 1 atom stereocenters. The predicted octanol–water partition coefficient (Wildman–Crippen LogP) is 1.43. The Bertz CT molecular complexity index is 582. The largest absolute Gasteiger partial charge is 0.378 e. The van der Waals surface area contributed by atoms with Crippen molar-refractivity contribution in [1.29, 1.82) is 0 Å². The number of hydrogen-bond acceptors (Lipinski definition) is 4. The van der Waals surface area contributed by atoms with Gasteiger partial charge < -0.3 is 20.3 Å². The van der Waals surface area contributed by atoms with E-state index in [0.29, 0.717) is 44.1 Å². The van der Waals surface area contributed by atoms with Gasteiger partial charge in [-0.1, -0.05) is 12.2 Å². The second-order valence-electron chi connectivity index (χ2n) is 5.44. The molecule has 2 amide bonds. The van der Waals surface area contributed by atoms with Crippen LogP contribution in [0.2, 0.25) is 0 Å². The number of nitrogens with one attached hydrogen (secondary N) is 2. The van der Waals surface area contributed by atoms with E-state index in [4.69, 9.17) is 4.74 Å². The van der Waals surface area contributed by atoms with Crippen molar-refractivity contribution in [1.82, 2.24) is 10.2 Å². The van der Waals surface area contributed by atoms with Crippen molar-refractivity contribution in [2.24, 2.45) is 0 Å². The minimum atomic E-state index is -0.351. The third kappa shape index (κ3) is 4.78. The molecule has 1 aromatic rings. The number of ether oxygens (including phenoxy) is 1. The van der Waals surface area contributed by atoms with Crippen LogP contribution in [-0.4, -0.2) is 55.6 Å². The van der Waals surface area contributed by atoms with Crippen molar-refractivity contribution in [2.45, 2.75) is 6.04 Å². The molecule has 1 heterocycles. The van der Waals surface area contributed by atoms with E-state index in [0.717, 1.165) is 0 Å². The number of benzene rings is 1. The lowest BCUT2D eigenvalue weighted by Gasteiger charge is -2.23. The topological polar surface area (TPSA) is 70.7 Å². The van der Waals surface area contributed by atoms with Gasteiger partial charge in [-0.05, 0) is 24.3 Å². The number of anilines is 1. The van der Waals surface area contributed by atoms with Gasteiger partial charge in [0.25, 0.3) is 5.91 Å². The number of rotatable bonds is 7. The van der Waals surface area contributed by atoms with Gasteiger partial charge in [0.15, 0.2) is 0 Å². The van der Waals surface area contributed by atoms with Gasteiger partial charge in [-0.25, -0.2) is 0 Å². The molecule has 128 valence electrons. The Balaban J connectivity index is 1.98. The summed E-state index contributed by atoms with van der Waals surface area (Å²) in [5, 5.41) is 5.91. The average Bonchev–Trinajstić information content (AvgIpc) is 2.62. The highest BCUT2D eigenvalue weighted by atomic mass is 16.5. The Kier molecular flexibility index (Phi) is 6.72. The molecular formula is C18H23N3O3. The maximum Gasteiger partial charge on any atom is 0.254 e. The first-order valence-electron chi connectivity index (χ1n) is 7.89. The van der Waals surface area contributed by atoms with Crippen LogP contribution in [0.5, 0.6) is 0 Å². The van der Waals surface area contributed by atoms with Gasteiger partial charge in [-0.2, -0.15) is 0 Å². The third-order valence-electron chi connectivity index (χ3n) is 3.62. The summed E-state index contributed by atoms with van der Waals surface area (Å²) >= 11 is 0. The molecule has 0 radical (unpaired) electrons. The first kappa shape index (κ1) is 17.9. The highest BCUT2D eigenvalue weighted by Crippen LogP contribution is 2.12. The highest BCUT2D eigenvalue weighted by molar-refractivity contribution is 5.97. The van der Waals surface area contributed by atoms with E-state index in [-0.39, 0.29) is 17.9 Å². The molecule has 2 N–H and O–H groups in total. The maximum atomic E-state index is 12.4. The van der Waals surface area contributed by atoms with Gasteiger partial charge in [0.2, 0.25) is 5.91 Å². The lowest BCUT2D eigenvalue weighted by atomic mass is 10.1. The van der Waals surface area contributed by atoms with Gasteiger partial charge in [-0.15, -0.1) is 13.2 Å². The van der Waals surface area contributed by atoms with E-state index < -0.39 is 0 Å². The van der Waals surface area contributed by atoms with E-state index in [1.165, 1.54) is 0 Å². The molecule has 6 nitrogen and oxygen atoms in total. The summed E-state index contributed by atoms with van der Waals surface area (Å²) in [5.74, 6) is -0.247. The molecule has 0 saturated carbocycles. The molecular weight excluding hydrogens is 306 g/mol. The molecule has 24 heavy (non-hydrogen) atoms. The molecule has 1 aliphatic heterocycles. The molecule has 1 unspecified atom stereocenters. The summed E-state index contributed by atoms with van der Waals surface area (Å²) in [6.07, 6.45) is 3.35. The molecule has 6 heteroatoms. The Morgan fingerprint density at radius 3 is 2.46 bits per heavy atom. The molecule has 0 aliphatic carbocycles. The Morgan fingerprint density at radius 1 is 1.25 bits per heavy atom. The van der Waals surface area contributed by atoms with Gasteiger partial charge in [0.1, 0.15) is 6.04 Å². The molecule has 1 aliphatic rings. The summed E-state index contributed by atoms with van der Waals surface area (Å²) in [6.45, 7) is 9.87. The van der Waals surface area contributed by atoms with Gasteiger partial charge >= 0.3 is 0 Å². The first-order valence-corrected chi connectivity index (χ1v) is 7.89. The zero-order valence-corrected chi connectivity index (χ0v) is 13.7. The van der Waals surface area contributed by atoms with Crippen molar-refractivity contribution in [3.8, 4) is 0 Å². The van der Waals surface area contributed by atoms with E-state index in [9.17, 15) is 9.59 Å². The van der Waals surface area contributed by atoms with E-state index in [1.54, 1.807) is 41.3 Å². The standard InChI is InChI=1S/C18H23N3O3/c1-3-10-21(11-4-2)18(23)14-5-7-15(8-6-14)20-17(22)16-13-24-12-9-19-16/h3-8,16,19H,1-2,9-13H2,(H,20,22).